The molecule has 5 nitrogen and oxygen atoms in total. The molecule has 1 saturated heterocycles. The standard InChI is InChI=1S/C11H22N2O3/c1-4-12-9(11(14)15)7-13(3)10-5-6-16-8(10)2/h8-10,12H,4-7H2,1-3H3,(H,14,15). The summed E-state index contributed by atoms with van der Waals surface area (Å²) in [6.45, 7) is 5.91. The number of carbonyl (C=O) groups is 1. The molecule has 3 unspecified atom stereocenters. The number of likely N-dealkylation sites (N-methyl/N-ethyl adjacent to an activating group) is 2. The van der Waals surface area contributed by atoms with Gasteiger partial charge < -0.3 is 15.2 Å². The predicted molar refractivity (Wildman–Crippen MR) is 61.5 cm³/mol. The summed E-state index contributed by atoms with van der Waals surface area (Å²) in [7, 11) is 1.96. The first-order valence-corrected chi connectivity index (χ1v) is 5.84. The van der Waals surface area contributed by atoms with Crippen molar-refractivity contribution in [1.29, 1.82) is 0 Å². The maximum atomic E-state index is 11.0. The van der Waals surface area contributed by atoms with E-state index in [2.05, 4.69) is 10.2 Å². The second kappa shape index (κ2) is 6.18. The van der Waals surface area contributed by atoms with Crippen molar-refractivity contribution in [2.24, 2.45) is 0 Å². The van der Waals surface area contributed by atoms with E-state index in [1.807, 2.05) is 20.9 Å². The SMILES string of the molecule is CCNC(CN(C)C1CCOC1C)C(=O)O. The van der Waals surface area contributed by atoms with Gasteiger partial charge in [0.15, 0.2) is 0 Å². The smallest absolute Gasteiger partial charge is 0.322 e. The summed E-state index contributed by atoms with van der Waals surface area (Å²) in [6.07, 6.45) is 1.18. The van der Waals surface area contributed by atoms with Crippen LogP contribution < -0.4 is 5.32 Å². The zero-order valence-electron chi connectivity index (χ0n) is 10.3. The van der Waals surface area contributed by atoms with Gasteiger partial charge in [0, 0.05) is 19.2 Å². The molecule has 1 rings (SSSR count). The minimum atomic E-state index is -0.791. The molecule has 0 saturated carbocycles. The fourth-order valence-electron chi connectivity index (χ4n) is 2.20. The Morgan fingerprint density at radius 1 is 1.69 bits per heavy atom. The molecule has 1 aliphatic rings. The van der Waals surface area contributed by atoms with E-state index in [4.69, 9.17) is 9.84 Å². The summed E-state index contributed by atoms with van der Waals surface area (Å²) in [5, 5.41) is 12.0. The van der Waals surface area contributed by atoms with Gasteiger partial charge in [0.25, 0.3) is 0 Å². The summed E-state index contributed by atoms with van der Waals surface area (Å²) in [6, 6.07) is -0.164. The fraction of sp³-hybridized carbons (Fsp3) is 0.909. The van der Waals surface area contributed by atoms with Crippen LogP contribution >= 0.6 is 0 Å². The van der Waals surface area contributed by atoms with E-state index in [0.717, 1.165) is 13.0 Å². The Kier molecular flexibility index (Phi) is 5.18. The van der Waals surface area contributed by atoms with Gasteiger partial charge in [0.1, 0.15) is 6.04 Å². The molecular formula is C11H22N2O3. The van der Waals surface area contributed by atoms with Crippen LogP contribution in [0, 0.1) is 0 Å². The highest BCUT2D eigenvalue weighted by molar-refractivity contribution is 5.73. The molecule has 2 N–H and O–H groups in total. The molecule has 5 heteroatoms. The molecule has 0 radical (unpaired) electrons. The molecule has 1 aliphatic heterocycles. The van der Waals surface area contributed by atoms with Crippen LogP contribution in [-0.4, -0.2) is 60.9 Å². The lowest BCUT2D eigenvalue weighted by atomic mass is 10.1. The molecule has 1 heterocycles. The lowest BCUT2D eigenvalue weighted by Crippen LogP contribution is -2.49. The first-order chi connectivity index (χ1) is 7.56. The van der Waals surface area contributed by atoms with Crippen molar-refractivity contribution in [2.75, 3.05) is 26.7 Å². The molecule has 3 atom stereocenters. The highest BCUT2D eigenvalue weighted by Gasteiger charge is 2.30. The third-order valence-corrected chi connectivity index (χ3v) is 3.12. The van der Waals surface area contributed by atoms with E-state index in [-0.39, 0.29) is 6.10 Å². The molecule has 0 aliphatic carbocycles. The topological polar surface area (TPSA) is 61.8 Å². The minimum absolute atomic E-state index is 0.195. The maximum absolute atomic E-state index is 11.0. The van der Waals surface area contributed by atoms with E-state index in [1.165, 1.54) is 0 Å². The molecule has 0 aromatic rings. The summed E-state index contributed by atoms with van der Waals surface area (Å²) in [5.74, 6) is -0.791. The Labute approximate surface area is 96.8 Å². The minimum Gasteiger partial charge on any atom is -0.480 e. The largest absolute Gasteiger partial charge is 0.480 e. The van der Waals surface area contributed by atoms with E-state index in [0.29, 0.717) is 19.1 Å². The van der Waals surface area contributed by atoms with Gasteiger partial charge in [-0.2, -0.15) is 0 Å². The van der Waals surface area contributed by atoms with Gasteiger partial charge in [-0.15, -0.1) is 0 Å². The van der Waals surface area contributed by atoms with Crippen molar-refractivity contribution in [3.8, 4) is 0 Å². The zero-order chi connectivity index (χ0) is 12.1. The molecule has 94 valence electrons. The normalized spacial score (nSPS) is 27.2. The first-order valence-electron chi connectivity index (χ1n) is 5.84. The van der Waals surface area contributed by atoms with E-state index in [1.54, 1.807) is 0 Å². The van der Waals surface area contributed by atoms with Crippen LogP contribution in [0.1, 0.15) is 20.3 Å². The summed E-state index contributed by atoms with van der Waals surface area (Å²) in [4.78, 5) is 13.1. The molecule has 16 heavy (non-hydrogen) atoms. The average molecular weight is 230 g/mol. The van der Waals surface area contributed by atoms with Crippen molar-refractivity contribution >= 4 is 5.97 Å². The number of carboxylic acid groups (broad SMARTS) is 1. The number of hydrogen-bond donors (Lipinski definition) is 2. The monoisotopic (exact) mass is 230 g/mol. The van der Waals surface area contributed by atoms with Gasteiger partial charge in [-0.25, -0.2) is 0 Å². The van der Waals surface area contributed by atoms with Gasteiger partial charge in [-0.1, -0.05) is 6.92 Å². The molecular weight excluding hydrogens is 208 g/mol. The highest BCUT2D eigenvalue weighted by Crippen LogP contribution is 2.18. The number of hydrogen-bond acceptors (Lipinski definition) is 4. The van der Waals surface area contributed by atoms with E-state index >= 15 is 0 Å². The molecule has 0 aromatic carbocycles. The van der Waals surface area contributed by atoms with Crippen molar-refractivity contribution in [1.82, 2.24) is 10.2 Å². The molecule has 0 aromatic heterocycles. The third-order valence-electron chi connectivity index (χ3n) is 3.12. The van der Waals surface area contributed by atoms with Crippen LogP contribution in [-0.2, 0) is 9.53 Å². The highest BCUT2D eigenvalue weighted by atomic mass is 16.5. The van der Waals surface area contributed by atoms with Crippen molar-refractivity contribution in [2.45, 2.75) is 38.5 Å². The lowest BCUT2D eigenvalue weighted by Gasteiger charge is -2.29. The van der Waals surface area contributed by atoms with Gasteiger partial charge in [0.05, 0.1) is 6.10 Å². The quantitative estimate of drug-likeness (QED) is 0.680. The van der Waals surface area contributed by atoms with Crippen molar-refractivity contribution in [3.63, 3.8) is 0 Å². The summed E-state index contributed by atoms with van der Waals surface area (Å²) >= 11 is 0. The van der Waals surface area contributed by atoms with Gasteiger partial charge >= 0.3 is 5.97 Å². The van der Waals surface area contributed by atoms with Gasteiger partial charge in [-0.3, -0.25) is 9.69 Å². The zero-order valence-corrected chi connectivity index (χ0v) is 10.3. The van der Waals surface area contributed by atoms with Crippen LogP contribution in [0.2, 0.25) is 0 Å². The Morgan fingerprint density at radius 3 is 2.81 bits per heavy atom. The van der Waals surface area contributed by atoms with Crippen LogP contribution in [0.5, 0.6) is 0 Å². The molecule has 0 spiro atoms. The summed E-state index contributed by atoms with van der Waals surface area (Å²) < 4.78 is 5.48. The first kappa shape index (κ1) is 13.4. The predicted octanol–water partition coefficient (Wildman–Crippen LogP) is 0.158. The second-order valence-electron chi connectivity index (χ2n) is 4.32. The van der Waals surface area contributed by atoms with Crippen molar-refractivity contribution in [3.05, 3.63) is 0 Å². The average Bonchev–Trinajstić information content (AvgIpc) is 2.63. The molecule has 1 fully saturated rings. The van der Waals surface area contributed by atoms with E-state index < -0.39 is 12.0 Å². The summed E-state index contributed by atoms with van der Waals surface area (Å²) in [5.41, 5.74) is 0. The third kappa shape index (κ3) is 3.43. The van der Waals surface area contributed by atoms with Crippen LogP contribution in [0.25, 0.3) is 0 Å². The fourth-order valence-corrected chi connectivity index (χ4v) is 2.20. The Balaban J connectivity index is 2.47. The number of aliphatic carboxylic acids is 1. The van der Waals surface area contributed by atoms with Gasteiger partial charge in [-0.05, 0) is 26.9 Å². The van der Waals surface area contributed by atoms with E-state index in [9.17, 15) is 4.79 Å². The number of carboxylic acids is 1. The Morgan fingerprint density at radius 2 is 2.38 bits per heavy atom. The maximum Gasteiger partial charge on any atom is 0.322 e. The lowest BCUT2D eigenvalue weighted by molar-refractivity contribution is -0.140. The molecule has 0 bridgehead atoms. The number of rotatable bonds is 6. The van der Waals surface area contributed by atoms with Crippen molar-refractivity contribution < 1.29 is 14.6 Å². The number of nitrogens with zero attached hydrogens (tertiary/aromatic N) is 1. The van der Waals surface area contributed by atoms with Gasteiger partial charge in [0.2, 0.25) is 0 Å². The number of nitrogens with one attached hydrogen (secondary N) is 1. The Bertz CT molecular complexity index is 235. The van der Waals surface area contributed by atoms with Crippen LogP contribution in [0.4, 0.5) is 0 Å². The van der Waals surface area contributed by atoms with Crippen LogP contribution in [0.15, 0.2) is 0 Å². The molecule has 0 amide bonds. The number of ether oxygens (including phenoxy) is 1. The Hall–Kier alpha value is -0.650. The van der Waals surface area contributed by atoms with Crippen LogP contribution in [0.3, 0.4) is 0 Å². The second-order valence-corrected chi connectivity index (χ2v) is 4.32.